The Morgan fingerprint density at radius 2 is 1.80 bits per heavy atom. The zero-order valence-electron chi connectivity index (χ0n) is 30.2. The lowest BCUT2D eigenvalue weighted by Gasteiger charge is -2.47. The van der Waals surface area contributed by atoms with E-state index >= 15 is 0 Å². The second-order valence-electron chi connectivity index (χ2n) is 15.7. The quantitative estimate of drug-likeness (QED) is 0.397. The maximum absolute atomic E-state index is 14.5. The van der Waals surface area contributed by atoms with Crippen LogP contribution < -0.4 is 10.6 Å². The average Bonchev–Trinajstić information content (AvgIpc) is 3.59. The topological polar surface area (TPSA) is 126 Å². The van der Waals surface area contributed by atoms with Crippen LogP contribution in [0.25, 0.3) is 5.65 Å². The van der Waals surface area contributed by atoms with Crippen molar-refractivity contribution in [3.63, 3.8) is 0 Å². The Hall–Kier alpha value is -4.07. The summed E-state index contributed by atoms with van der Waals surface area (Å²) in [4.78, 5) is 53.0. The van der Waals surface area contributed by atoms with Gasteiger partial charge in [0, 0.05) is 74.4 Å². The molecule has 0 saturated carbocycles. The van der Waals surface area contributed by atoms with Gasteiger partial charge in [0.15, 0.2) is 0 Å². The van der Waals surface area contributed by atoms with Crippen molar-refractivity contribution in [2.24, 2.45) is 5.73 Å². The molecule has 3 aromatic rings. The van der Waals surface area contributed by atoms with Gasteiger partial charge < -0.3 is 29.4 Å². The monoisotopic (exact) mass is 691 g/mol. The smallest absolute Gasteiger partial charge is 0.410 e. The number of amides is 3. The number of pyridine rings is 1. The van der Waals surface area contributed by atoms with Crippen LogP contribution in [0.15, 0.2) is 36.5 Å². The van der Waals surface area contributed by atoms with Crippen molar-refractivity contribution in [1.29, 1.82) is 0 Å². The van der Waals surface area contributed by atoms with Gasteiger partial charge in [-0.1, -0.05) is 26.0 Å². The van der Waals surface area contributed by atoms with Crippen molar-refractivity contribution in [2.45, 2.75) is 84.0 Å². The third-order valence-electron chi connectivity index (χ3n) is 10.0. The van der Waals surface area contributed by atoms with Crippen LogP contribution in [-0.2, 0) is 26.1 Å². The molecule has 0 unspecified atom stereocenters. The number of rotatable bonds is 7. The number of primary amides is 1. The van der Waals surface area contributed by atoms with Gasteiger partial charge in [0.1, 0.15) is 22.8 Å². The number of fused-ring (bicyclic) bond motifs is 3. The number of hydrogen-bond donors (Lipinski definition) is 1. The minimum absolute atomic E-state index is 0.0582. The lowest BCUT2D eigenvalue weighted by atomic mass is 9.90. The van der Waals surface area contributed by atoms with Crippen LogP contribution in [-0.4, -0.2) is 118 Å². The summed E-state index contributed by atoms with van der Waals surface area (Å²) in [6, 6.07) is 8.18. The zero-order valence-corrected chi connectivity index (χ0v) is 30.2. The van der Waals surface area contributed by atoms with E-state index < -0.39 is 16.9 Å². The summed E-state index contributed by atoms with van der Waals surface area (Å²) in [6.45, 7) is 18.2. The lowest BCUT2D eigenvalue weighted by Crippen LogP contribution is -2.64. The molecule has 13 heteroatoms. The molecule has 2 N–H and O–H groups in total. The molecular weight excluding hydrogens is 641 g/mol. The summed E-state index contributed by atoms with van der Waals surface area (Å²) in [6.07, 6.45) is 1.72. The number of nitrogens with zero attached hydrogens (tertiary/aromatic N) is 6. The minimum Gasteiger partial charge on any atom is -0.444 e. The molecule has 270 valence electrons. The molecule has 5 heterocycles. The molecule has 2 fully saturated rings. The fourth-order valence-corrected chi connectivity index (χ4v) is 7.54. The van der Waals surface area contributed by atoms with Crippen molar-refractivity contribution < 1.29 is 28.2 Å². The Kier molecular flexibility index (Phi) is 9.70. The van der Waals surface area contributed by atoms with E-state index in [-0.39, 0.29) is 48.2 Å². The van der Waals surface area contributed by atoms with Gasteiger partial charge in [0.2, 0.25) is 5.91 Å². The SMILES string of the molecule is C[C@@H]1COCCN1C[C@H]1CN(C(=O)OC(C)(C)C)[C@H](C)CN1CC(=O)N1CC(C)(C)c2c1cc(Cc1ccc(F)cc1)c1nc(C(N)=O)cn21. The molecule has 0 bridgehead atoms. The predicted octanol–water partition coefficient (Wildman–Crippen LogP) is 3.82. The first-order valence-electron chi connectivity index (χ1n) is 17.5. The number of aromatic nitrogens is 2. The van der Waals surface area contributed by atoms with Crippen molar-refractivity contribution in [2.75, 3.05) is 57.4 Å². The minimum atomic E-state index is -0.640. The molecule has 12 nitrogen and oxygen atoms in total. The number of carbonyl (C=O) groups excluding carboxylic acids is 3. The van der Waals surface area contributed by atoms with Gasteiger partial charge in [-0.15, -0.1) is 0 Å². The maximum atomic E-state index is 14.5. The Bertz CT molecular complexity index is 1770. The van der Waals surface area contributed by atoms with Crippen molar-refractivity contribution >= 4 is 29.2 Å². The summed E-state index contributed by atoms with van der Waals surface area (Å²) in [5, 5.41) is 0. The summed E-state index contributed by atoms with van der Waals surface area (Å²) in [5.41, 5.74) is 8.56. The highest BCUT2D eigenvalue weighted by atomic mass is 19.1. The number of piperazine rings is 1. The molecule has 50 heavy (non-hydrogen) atoms. The molecule has 3 aliphatic heterocycles. The number of anilines is 1. The van der Waals surface area contributed by atoms with Crippen molar-refractivity contribution in [1.82, 2.24) is 24.1 Å². The standard InChI is InChI=1S/C37H50FN7O5/c1-23-16-42(28(17-41-12-13-49-21-24(41)2)18-43(23)35(48)50-36(3,4)5)20-31(46)45-22-37(6,7)32-30(45)15-26(14-25-8-10-27(38)11-9-25)34-40-29(33(39)47)19-44(32)34/h8-11,15,19,23-24,28H,12-14,16-18,20-22H2,1-7H3,(H2,39,47)/t23-,24-,28+/m1/s1. The van der Waals surface area contributed by atoms with E-state index in [9.17, 15) is 18.8 Å². The number of halogens is 1. The van der Waals surface area contributed by atoms with Crippen LogP contribution in [0.3, 0.4) is 0 Å². The molecule has 1 aromatic carbocycles. The molecule has 3 amide bonds. The largest absolute Gasteiger partial charge is 0.444 e. The summed E-state index contributed by atoms with van der Waals surface area (Å²) in [5.74, 6) is -1.03. The van der Waals surface area contributed by atoms with Gasteiger partial charge in [0.25, 0.3) is 5.91 Å². The predicted molar refractivity (Wildman–Crippen MR) is 188 cm³/mol. The summed E-state index contributed by atoms with van der Waals surface area (Å²) >= 11 is 0. The Morgan fingerprint density at radius 1 is 1.08 bits per heavy atom. The highest BCUT2D eigenvalue weighted by molar-refractivity contribution is 5.98. The van der Waals surface area contributed by atoms with Crippen LogP contribution in [0.2, 0.25) is 0 Å². The van der Waals surface area contributed by atoms with Crippen LogP contribution in [0.1, 0.15) is 75.8 Å². The van der Waals surface area contributed by atoms with Crippen LogP contribution in [0.5, 0.6) is 0 Å². The van der Waals surface area contributed by atoms with Gasteiger partial charge in [-0.2, -0.15) is 0 Å². The third-order valence-corrected chi connectivity index (χ3v) is 10.0. The fraction of sp³-hybridized carbons (Fsp3) is 0.568. The van der Waals surface area contributed by atoms with E-state index in [4.69, 9.17) is 15.2 Å². The van der Waals surface area contributed by atoms with E-state index in [0.717, 1.165) is 29.1 Å². The molecule has 0 spiro atoms. The van der Waals surface area contributed by atoms with Crippen LogP contribution in [0.4, 0.5) is 14.9 Å². The molecule has 2 aromatic heterocycles. The van der Waals surface area contributed by atoms with E-state index in [0.29, 0.717) is 51.5 Å². The molecule has 2 saturated heterocycles. The average molecular weight is 692 g/mol. The zero-order chi connectivity index (χ0) is 36.1. The number of ether oxygens (including phenoxy) is 2. The first kappa shape index (κ1) is 35.7. The number of nitrogens with two attached hydrogens (primary N) is 1. The highest BCUT2D eigenvalue weighted by Crippen LogP contribution is 2.42. The van der Waals surface area contributed by atoms with Gasteiger partial charge in [0.05, 0.1) is 31.1 Å². The van der Waals surface area contributed by atoms with Crippen molar-refractivity contribution in [3.8, 4) is 0 Å². The number of carbonyl (C=O) groups is 3. The first-order valence-corrected chi connectivity index (χ1v) is 17.5. The molecular formula is C37H50FN7O5. The van der Waals surface area contributed by atoms with Gasteiger partial charge in [-0.3, -0.25) is 19.4 Å². The number of imidazole rings is 1. The van der Waals surface area contributed by atoms with Gasteiger partial charge >= 0.3 is 6.09 Å². The third kappa shape index (κ3) is 7.35. The fourth-order valence-electron chi connectivity index (χ4n) is 7.54. The number of benzene rings is 1. The van der Waals surface area contributed by atoms with E-state index in [1.54, 1.807) is 23.2 Å². The van der Waals surface area contributed by atoms with Crippen LogP contribution >= 0.6 is 0 Å². The lowest BCUT2D eigenvalue weighted by molar-refractivity contribution is -0.121. The van der Waals surface area contributed by atoms with E-state index in [1.807, 2.05) is 43.1 Å². The number of morpholine rings is 1. The summed E-state index contributed by atoms with van der Waals surface area (Å²) < 4.78 is 27.1. The second-order valence-corrected chi connectivity index (χ2v) is 15.7. The summed E-state index contributed by atoms with van der Waals surface area (Å²) in [7, 11) is 0. The van der Waals surface area contributed by atoms with E-state index in [1.165, 1.54) is 12.1 Å². The molecule has 0 aliphatic carbocycles. The van der Waals surface area contributed by atoms with E-state index in [2.05, 4.69) is 35.6 Å². The molecule has 0 radical (unpaired) electrons. The van der Waals surface area contributed by atoms with Crippen LogP contribution in [0, 0.1) is 5.82 Å². The normalized spacial score (nSPS) is 22.9. The highest BCUT2D eigenvalue weighted by Gasteiger charge is 2.44. The Labute approximate surface area is 293 Å². The number of hydrogen-bond acceptors (Lipinski definition) is 8. The Morgan fingerprint density at radius 3 is 2.46 bits per heavy atom. The molecule has 3 atom stereocenters. The van der Waals surface area contributed by atoms with Gasteiger partial charge in [-0.05, 0) is 58.4 Å². The first-order chi connectivity index (χ1) is 23.5. The molecule has 6 rings (SSSR count). The van der Waals surface area contributed by atoms with Gasteiger partial charge in [-0.25, -0.2) is 14.2 Å². The van der Waals surface area contributed by atoms with Crippen molar-refractivity contribution in [3.05, 3.63) is 64.9 Å². The second kappa shape index (κ2) is 13.6. The maximum Gasteiger partial charge on any atom is 0.410 e. The Balaban J connectivity index is 1.33. The molecule has 3 aliphatic rings.